The molecule has 6 nitrogen and oxygen atoms in total. The monoisotopic (exact) mass is 220 g/mol. The Hall–Kier alpha value is -0.950. The lowest BCUT2D eigenvalue weighted by molar-refractivity contribution is -0.133. The number of carbonyl (C=O) groups is 1. The predicted octanol–water partition coefficient (Wildman–Crippen LogP) is -1.52. The van der Waals surface area contributed by atoms with E-state index in [4.69, 9.17) is 10.2 Å². The molecule has 5 N–H and O–H groups in total. The minimum atomic E-state index is -1.85. The van der Waals surface area contributed by atoms with E-state index in [1.54, 1.807) is 0 Å². The van der Waals surface area contributed by atoms with Crippen molar-refractivity contribution < 1.29 is 30.3 Å². The second-order valence-electron chi connectivity index (χ2n) is 3.44. The Kier molecular flexibility index (Phi) is 5.45. The summed E-state index contributed by atoms with van der Waals surface area (Å²) in [5.74, 6) is -0.500. The quantitative estimate of drug-likeness (QED) is 0.284. The first-order valence-electron chi connectivity index (χ1n) is 4.36. The molecule has 0 aromatic heterocycles. The summed E-state index contributed by atoms with van der Waals surface area (Å²) in [4.78, 5) is 10.1. The summed E-state index contributed by atoms with van der Waals surface area (Å²) in [6, 6.07) is 0. The Morgan fingerprint density at radius 1 is 1.07 bits per heavy atom. The lowest BCUT2D eigenvalue weighted by Gasteiger charge is -2.24. The van der Waals surface area contributed by atoms with Gasteiger partial charge in [0.05, 0.1) is 0 Å². The van der Waals surface area contributed by atoms with Crippen molar-refractivity contribution in [2.45, 2.75) is 38.3 Å². The molecule has 0 rings (SSSR count). The Balaban J connectivity index is 4.64. The van der Waals surface area contributed by atoms with Gasteiger partial charge in [-0.3, -0.25) is 0 Å². The fraction of sp³-hybridized carbons (Fsp3) is 0.667. The first kappa shape index (κ1) is 14.1. The Bertz CT molecular complexity index is 245. The van der Waals surface area contributed by atoms with Crippen molar-refractivity contribution in [3.63, 3.8) is 0 Å². The molecular formula is C9H16O6. The molecule has 0 radical (unpaired) electrons. The molecule has 15 heavy (non-hydrogen) atoms. The molecule has 0 aromatic rings. The highest BCUT2D eigenvalue weighted by Crippen LogP contribution is 2.12. The van der Waals surface area contributed by atoms with Gasteiger partial charge in [0.2, 0.25) is 0 Å². The molecule has 0 aliphatic carbocycles. The van der Waals surface area contributed by atoms with Crippen LogP contribution in [0.5, 0.6) is 0 Å². The van der Waals surface area contributed by atoms with Gasteiger partial charge in [0.1, 0.15) is 30.2 Å². The van der Waals surface area contributed by atoms with Crippen molar-refractivity contribution in [1.29, 1.82) is 0 Å². The summed E-state index contributed by atoms with van der Waals surface area (Å²) in [5.41, 5.74) is 0.356. The number of aldehydes is 1. The molecular weight excluding hydrogens is 204 g/mol. The molecule has 0 bridgehead atoms. The third kappa shape index (κ3) is 3.60. The minimum absolute atomic E-state index is 0.0279. The zero-order valence-corrected chi connectivity index (χ0v) is 8.53. The SMILES string of the molecule is CC(C)=C(O)[C@@H](O)[C@@H](O)[C@@H](O)[C@H](O)C=O. The van der Waals surface area contributed by atoms with Crippen LogP contribution in [0.1, 0.15) is 13.8 Å². The van der Waals surface area contributed by atoms with Crippen molar-refractivity contribution in [2.75, 3.05) is 0 Å². The summed E-state index contributed by atoms with van der Waals surface area (Å²) in [6.07, 6.45) is -7.20. The van der Waals surface area contributed by atoms with E-state index in [0.29, 0.717) is 5.57 Å². The molecule has 0 fully saturated rings. The zero-order chi connectivity index (χ0) is 12.2. The highest BCUT2D eigenvalue weighted by molar-refractivity contribution is 5.56. The molecule has 0 saturated heterocycles. The van der Waals surface area contributed by atoms with E-state index in [-0.39, 0.29) is 6.29 Å². The molecule has 0 unspecified atom stereocenters. The van der Waals surface area contributed by atoms with Crippen LogP contribution in [0.4, 0.5) is 0 Å². The molecule has 6 heteroatoms. The molecule has 0 aliphatic heterocycles. The first-order valence-corrected chi connectivity index (χ1v) is 4.36. The van der Waals surface area contributed by atoms with Crippen LogP contribution in [0.15, 0.2) is 11.3 Å². The lowest BCUT2D eigenvalue weighted by atomic mass is 10.0. The van der Waals surface area contributed by atoms with Crippen molar-refractivity contribution in [3.8, 4) is 0 Å². The van der Waals surface area contributed by atoms with Crippen LogP contribution in [-0.2, 0) is 4.79 Å². The van der Waals surface area contributed by atoms with Gasteiger partial charge in [-0.25, -0.2) is 0 Å². The number of hydrogen-bond acceptors (Lipinski definition) is 6. The number of carbonyl (C=O) groups excluding carboxylic acids is 1. The number of allylic oxidation sites excluding steroid dienone is 1. The topological polar surface area (TPSA) is 118 Å². The van der Waals surface area contributed by atoms with Gasteiger partial charge >= 0.3 is 0 Å². The molecule has 0 aromatic carbocycles. The van der Waals surface area contributed by atoms with E-state index in [0.717, 1.165) is 0 Å². The number of hydrogen-bond donors (Lipinski definition) is 5. The highest BCUT2D eigenvalue weighted by Gasteiger charge is 2.32. The van der Waals surface area contributed by atoms with Gasteiger partial charge < -0.3 is 30.3 Å². The van der Waals surface area contributed by atoms with Gasteiger partial charge in [-0.2, -0.15) is 0 Å². The van der Waals surface area contributed by atoms with E-state index in [9.17, 15) is 20.1 Å². The van der Waals surface area contributed by atoms with E-state index in [2.05, 4.69) is 0 Å². The molecule has 88 valence electrons. The van der Waals surface area contributed by atoms with Crippen LogP contribution in [0.25, 0.3) is 0 Å². The average molecular weight is 220 g/mol. The van der Waals surface area contributed by atoms with E-state index >= 15 is 0 Å². The van der Waals surface area contributed by atoms with E-state index in [1.807, 2.05) is 0 Å². The van der Waals surface area contributed by atoms with Crippen molar-refractivity contribution in [3.05, 3.63) is 11.3 Å². The van der Waals surface area contributed by atoms with Crippen LogP contribution in [0.2, 0.25) is 0 Å². The van der Waals surface area contributed by atoms with Gasteiger partial charge in [0.15, 0.2) is 6.29 Å². The van der Waals surface area contributed by atoms with Crippen molar-refractivity contribution in [1.82, 2.24) is 0 Å². The molecule has 0 aliphatic rings. The van der Waals surface area contributed by atoms with Crippen LogP contribution < -0.4 is 0 Å². The minimum Gasteiger partial charge on any atom is -0.510 e. The fourth-order valence-corrected chi connectivity index (χ4v) is 0.927. The molecule has 0 amide bonds. The summed E-state index contributed by atoms with van der Waals surface area (Å²) in [5, 5.41) is 45.9. The maximum atomic E-state index is 10.1. The number of rotatable bonds is 5. The van der Waals surface area contributed by atoms with Gasteiger partial charge in [-0.05, 0) is 19.4 Å². The maximum Gasteiger partial charge on any atom is 0.151 e. The summed E-state index contributed by atoms with van der Waals surface area (Å²) < 4.78 is 0. The third-order valence-electron chi connectivity index (χ3n) is 1.96. The molecule has 0 heterocycles. The normalized spacial score (nSPS) is 18.8. The van der Waals surface area contributed by atoms with E-state index in [1.165, 1.54) is 13.8 Å². The predicted molar refractivity (Wildman–Crippen MR) is 51.1 cm³/mol. The van der Waals surface area contributed by atoms with Crippen LogP contribution in [0, 0.1) is 0 Å². The number of aliphatic hydroxyl groups excluding tert-OH is 5. The zero-order valence-electron chi connectivity index (χ0n) is 8.53. The largest absolute Gasteiger partial charge is 0.510 e. The Morgan fingerprint density at radius 3 is 1.87 bits per heavy atom. The number of aliphatic hydroxyl groups is 5. The first-order chi connectivity index (χ1) is 6.82. The Morgan fingerprint density at radius 2 is 1.53 bits per heavy atom. The highest BCUT2D eigenvalue weighted by atomic mass is 16.4. The van der Waals surface area contributed by atoms with Crippen LogP contribution >= 0.6 is 0 Å². The Labute approximate surface area is 87.1 Å². The molecule has 0 spiro atoms. The van der Waals surface area contributed by atoms with Crippen LogP contribution in [-0.4, -0.2) is 56.2 Å². The second-order valence-corrected chi connectivity index (χ2v) is 3.44. The lowest BCUT2D eigenvalue weighted by Crippen LogP contribution is -2.45. The van der Waals surface area contributed by atoms with Crippen LogP contribution in [0.3, 0.4) is 0 Å². The van der Waals surface area contributed by atoms with Gasteiger partial charge in [0.25, 0.3) is 0 Å². The fourth-order valence-electron chi connectivity index (χ4n) is 0.927. The van der Waals surface area contributed by atoms with Gasteiger partial charge in [0, 0.05) is 0 Å². The van der Waals surface area contributed by atoms with E-state index < -0.39 is 30.2 Å². The summed E-state index contributed by atoms with van der Waals surface area (Å²) in [7, 11) is 0. The van der Waals surface area contributed by atoms with Gasteiger partial charge in [-0.15, -0.1) is 0 Å². The molecule has 4 atom stereocenters. The van der Waals surface area contributed by atoms with Crippen molar-refractivity contribution in [2.24, 2.45) is 0 Å². The summed E-state index contributed by atoms with van der Waals surface area (Å²) in [6.45, 7) is 2.99. The molecule has 0 saturated carbocycles. The van der Waals surface area contributed by atoms with Gasteiger partial charge in [-0.1, -0.05) is 0 Å². The smallest absolute Gasteiger partial charge is 0.151 e. The summed E-state index contributed by atoms with van der Waals surface area (Å²) >= 11 is 0. The third-order valence-corrected chi connectivity index (χ3v) is 1.96. The second kappa shape index (κ2) is 5.82. The maximum absolute atomic E-state index is 10.1. The van der Waals surface area contributed by atoms with Crippen molar-refractivity contribution >= 4 is 6.29 Å². The average Bonchev–Trinajstić information content (AvgIpc) is 2.23. The standard InChI is InChI=1S/C9H16O6/c1-4(2)6(12)8(14)9(15)7(13)5(11)3-10/h3,5,7-9,11-15H,1-2H3/t5-,7+,8-,9+/m1/s1.